The van der Waals surface area contributed by atoms with Gasteiger partial charge in [0.2, 0.25) is 0 Å². The van der Waals surface area contributed by atoms with E-state index in [0.29, 0.717) is 5.92 Å². The molecule has 1 saturated carbocycles. The second kappa shape index (κ2) is 7.65. The predicted octanol–water partition coefficient (Wildman–Crippen LogP) is 5.28. The van der Waals surface area contributed by atoms with E-state index in [1.807, 2.05) is 29.1 Å². The highest BCUT2D eigenvalue weighted by atomic mass is 15.4. The van der Waals surface area contributed by atoms with Gasteiger partial charge >= 0.3 is 0 Å². The Labute approximate surface area is 154 Å². The number of hydrogen-bond acceptors (Lipinski definition) is 3. The smallest absolute Gasteiger partial charge is 0.113 e. The van der Waals surface area contributed by atoms with Gasteiger partial charge in [-0.05, 0) is 42.9 Å². The van der Waals surface area contributed by atoms with Gasteiger partial charge in [0.25, 0.3) is 0 Å². The van der Waals surface area contributed by atoms with E-state index in [2.05, 4.69) is 53.6 Å². The van der Waals surface area contributed by atoms with Crippen LogP contribution in [0, 0.1) is 5.92 Å². The van der Waals surface area contributed by atoms with Gasteiger partial charge in [-0.25, -0.2) is 4.68 Å². The van der Waals surface area contributed by atoms with Crippen LogP contribution >= 0.6 is 0 Å². The summed E-state index contributed by atoms with van der Waals surface area (Å²) < 4.78 is 1.88. The van der Waals surface area contributed by atoms with E-state index in [-0.39, 0.29) is 0 Å². The molecular weight excluding hydrogens is 320 g/mol. The topological polar surface area (TPSA) is 43.1 Å². The minimum absolute atomic E-state index is 0.596. The van der Waals surface area contributed by atoms with Crippen molar-refractivity contribution in [2.24, 2.45) is 10.9 Å². The summed E-state index contributed by atoms with van der Waals surface area (Å²) in [6.07, 6.45) is 6.97. The number of benzene rings is 2. The summed E-state index contributed by atoms with van der Waals surface area (Å²) in [6, 6.07) is 18.6. The molecule has 0 spiro atoms. The summed E-state index contributed by atoms with van der Waals surface area (Å²) in [5.74, 6) is 0.596. The molecule has 1 aromatic heterocycles. The summed E-state index contributed by atoms with van der Waals surface area (Å²) in [6.45, 7) is 3.02. The maximum atomic E-state index is 4.92. The zero-order valence-electron chi connectivity index (χ0n) is 15.2. The summed E-state index contributed by atoms with van der Waals surface area (Å²) >= 11 is 0. The summed E-state index contributed by atoms with van der Waals surface area (Å²) in [4.78, 5) is 4.92. The molecule has 1 aliphatic rings. The van der Waals surface area contributed by atoms with Crippen molar-refractivity contribution in [1.29, 1.82) is 0 Å². The lowest BCUT2D eigenvalue weighted by Gasteiger charge is -2.20. The van der Waals surface area contributed by atoms with Crippen molar-refractivity contribution < 1.29 is 0 Å². The Morgan fingerprint density at radius 3 is 2.81 bits per heavy atom. The van der Waals surface area contributed by atoms with Gasteiger partial charge in [-0.3, -0.25) is 4.99 Å². The minimum Gasteiger partial charge on any atom is -0.258 e. The average Bonchev–Trinajstić information content (AvgIpc) is 3.13. The minimum atomic E-state index is 0.596. The molecule has 2 aromatic carbocycles. The fourth-order valence-electron chi connectivity index (χ4n) is 3.51. The zero-order valence-corrected chi connectivity index (χ0v) is 15.2. The fraction of sp³-hybridized carbons (Fsp3) is 0.318. The lowest BCUT2D eigenvalue weighted by atomic mass is 9.88. The molecule has 4 heteroatoms. The van der Waals surface area contributed by atoms with Crippen molar-refractivity contribution in [1.82, 2.24) is 15.0 Å². The standard InChI is InChI=1S/C22H24N4/c1-17-8-5-6-13-21(17)23-20-12-7-11-19(14-20)22-16-26(25-24-22)15-18-9-3-2-4-10-18/h2-4,7,9-12,14,16-17H,5-6,8,13,15H2,1H3. The molecule has 1 fully saturated rings. The molecule has 0 N–H and O–H groups in total. The van der Waals surface area contributed by atoms with Crippen molar-refractivity contribution >= 4 is 11.4 Å². The summed E-state index contributed by atoms with van der Waals surface area (Å²) in [7, 11) is 0. The van der Waals surface area contributed by atoms with Gasteiger partial charge in [0, 0.05) is 11.3 Å². The lowest BCUT2D eigenvalue weighted by molar-refractivity contribution is 0.560. The molecule has 3 aromatic rings. The highest BCUT2D eigenvalue weighted by molar-refractivity contribution is 5.89. The van der Waals surface area contributed by atoms with E-state index in [9.17, 15) is 0 Å². The molecule has 4 nitrogen and oxygen atoms in total. The van der Waals surface area contributed by atoms with Crippen molar-refractivity contribution in [3.05, 3.63) is 66.4 Å². The molecule has 132 valence electrons. The maximum Gasteiger partial charge on any atom is 0.113 e. The quantitative estimate of drug-likeness (QED) is 0.646. The number of aliphatic imine (C=N–C) groups is 1. The largest absolute Gasteiger partial charge is 0.258 e. The van der Waals surface area contributed by atoms with Crippen LogP contribution in [0.5, 0.6) is 0 Å². The molecule has 1 unspecified atom stereocenters. The lowest BCUT2D eigenvalue weighted by Crippen LogP contribution is -2.15. The van der Waals surface area contributed by atoms with Gasteiger partial charge in [0.15, 0.2) is 0 Å². The van der Waals surface area contributed by atoms with Gasteiger partial charge in [-0.15, -0.1) is 5.10 Å². The van der Waals surface area contributed by atoms with Crippen molar-refractivity contribution in [3.63, 3.8) is 0 Å². The van der Waals surface area contributed by atoms with Crippen LogP contribution in [-0.2, 0) is 6.54 Å². The summed E-state index contributed by atoms with van der Waals surface area (Å²) in [5, 5.41) is 8.63. The molecule has 0 radical (unpaired) electrons. The second-order valence-electron chi connectivity index (χ2n) is 7.09. The van der Waals surface area contributed by atoms with Crippen LogP contribution in [0.25, 0.3) is 11.3 Å². The molecule has 1 heterocycles. The van der Waals surface area contributed by atoms with Crippen LogP contribution in [0.4, 0.5) is 5.69 Å². The first-order chi connectivity index (χ1) is 12.8. The number of nitrogens with zero attached hydrogens (tertiary/aromatic N) is 4. The van der Waals surface area contributed by atoms with Crippen molar-refractivity contribution in [2.75, 3.05) is 0 Å². The first kappa shape index (κ1) is 16.7. The van der Waals surface area contributed by atoms with E-state index in [1.54, 1.807) is 0 Å². The van der Waals surface area contributed by atoms with Gasteiger partial charge in [-0.1, -0.05) is 61.0 Å². The molecule has 4 rings (SSSR count). The first-order valence-electron chi connectivity index (χ1n) is 9.40. The molecule has 26 heavy (non-hydrogen) atoms. The van der Waals surface area contributed by atoms with Gasteiger partial charge in [0.05, 0.1) is 18.4 Å². The number of rotatable bonds is 4. The molecular formula is C22H24N4. The molecule has 0 saturated heterocycles. The van der Waals surface area contributed by atoms with Crippen LogP contribution in [0.3, 0.4) is 0 Å². The van der Waals surface area contributed by atoms with Crippen LogP contribution in [0.2, 0.25) is 0 Å². The number of aromatic nitrogens is 3. The van der Waals surface area contributed by atoms with Crippen molar-refractivity contribution in [2.45, 2.75) is 39.2 Å². The number of hydrogen-bond donors (Lipinski definition) is 0. The Kier molecular flexibility index (Phi) is 4.91. The fourth-order valence-corrected chi connectivity index (χ4v) is 3.51. The van der Waals surface area contributed by atoms with Crippen LogP contribution in [-0.4, -0.2) is 20.7 Å². The highest BCUT2D eigenvalue weighted by Crippen LogP contribution is 2.27. The third-order valence-electron chi connectivity index (χ3n) is 5.03. The van der Waals surface area contributed by atoms with E-state index < -0.39 is 0 Å². The monoisotopic (exact) mass is 344 g/mol. The van der Waals surface area contributed by atoms with Crippen molar-refractivity contribution in [3.8, 4) is 11.3 Å². The Bertz CT molecular complexity index is 895. The Hall–Kier alpha value is -2.75. The Balaban J connectivity index is 1.54. The third-order valence-corrected chi connectivity index (χ3v) is 5.03. The Morgan fingerprint density at radius 2 is 1.96 bits per heavy atom. The highest BCUT2D eigenvalue weighted by Gasteiger charge is 2.15. The summed E-state index contributed by atoms with van der Waals surface area (Å²) in [5.41, 5.74) is 5.52. The zero-order chi connectivity index (χ0) is 17.8. The third kappa shape index (κ3) is 3.90. The molecule has 0 amide bonds. The molecule has 0 bridgehead atoms. The van der Waals surface area contributed by atoms with Gasteiger partial charge in [0.1, 0.15) is 5.69 Å². The predicted molar refractivity (Wildman–Crippen MR) is 106 cm³/mol. The molecule has 1 aliphatic carbocycles. The molecule has 1 atom stereocenters. The van der Waals surface area contributed by atoms with Crippen LogP contribution in [0.1, 0.15) is 38.2 Å². The normalized spacial score (nSPS) is 19.0. The van der Waals surface area contributed by atoms with Crippen LogP contribution < -0.4 is 0 Å². The maximum absolute atomic E-state index is 4.92. The van der Waals surface area contributed by atoms with Gasteiger partial charge in [-0.2, -0.15) is 0 Å². The van der Waals surface area contributed by atoms with E-state index in [1.165, 1.54) is 30.5 Å². The van der Waals surface area contributed by atoms with E-state index in [4.69, 9.17) is 4.99 Å². The molecule has 0 aliphatic heterocycles. The SMILES string of the molecule is CC1CCCCC1=Nc1cccc(-c2cn(Cc3ccccc3)nn2)c1. The van der Waals surface area contributed by atoms with E-state index >= 15 is 0 Å². The van der Waals surface area contributed by atoms with Gasteiger partial charge < -0.3 is 0 Å². The van der Waals surface area contributed by atoms with E-state index in [0.717, 1.165) is 29.9 Å². The Morgan fingerprint density at radius 1 is 1.08 bits per heavy atom. The average molecular weight is 344 g/mol. The van der Waals surface area contributed by atoms with Crippen LogP contribution in [0.15, 0.2) is 65.8 Å². The second-order valence-corrected chi connectivity index (χ2v) is 7.09. The first-order valence-corrected chi connectivity index (χ1v) is 9.40.